The van der Waals surface area contributed by atoms with Crippen molar-refractivity contribution >= 4 is 22.3 Å². The van der Waals surface area contributed by atoms with Crippen molar-refractivity contribution in [3.63, 3.8) is 0 Å². The lowest BCUT2D eigenvalue weighted by Gasteiger charge is -2.36. The molecule has 0 aliphatic carbocycles. The predicted molar refractivity (Wildman–Crippen MR) is 113 cm³/mol. The number of methoxy groups -OCH3 is 2. The molecule has 0 radical (unpaired) electrons. The summed E-state index contributed by atoms with van der Waals surface area (Å²) >= 11 is -1.03. The summed E-state index contributed by atoms with van der Waals surface area (Å²) in [4.78, 5) is 3.35. The van der Waals surface area contributed by atoms with Gasteiger partial charge in [-0.05, 0) is 54.2 Å². The summed E-state index contributed by atoms with van der Waals surface area (Å²) in [6, 6.07) is 12.6. The number of para-hydroxylation sites is 1. The van der Waals surface area contributed by atoms with Crippen molar-refractivity contribution in [3.8, 4) is 11.5 Å². The van der Waals surface area contributed by atoms with E-state index in [-0.39, 0.29) is 6.04 Å². The van der Waals surface area contributed by atoms with E-state index in [1.165, 1.54) is 22.1 Å². The molecule has 0 bridgehead atoms. The molecule has 1 aliphatic rings. The van der Waals surface area contributed by atoms with E-state index in [0.29, 0.717) is 0 Å². The van der Waals surface area contributed by atoms with Crippen LogP contribution in [0.4, 0.5) is 0 Å². The van der Waals surface area contributed by atoms with Crippen LogP contribution in [0.2, 0.25) is 0 Å². The molecule has 148 valence electrons. The zero-order chi connectivity index (χ0) is 19.7. The maximum Gasteiger partial charge on any atom is 0.161 e. The molecule has 0 spiro atoms. The largest absolute Gasteiger partial charge is 0.598 e. The van der Waals surface area contributed by atoms with Crippen LogP contribution in [0.3, 0.4) is 0 Å². The van der Waals surface area contributed by atoms with E-state index in [2.05, 4.69) is 45.8 Å². The van der Waals surface area contributed by atoms with Crippen LogP contribution in [0, 0.1) is 0 Å². The highest BCUT2D eigenvalue weighted by atomic mass is 32.2. The molecule has 2 aromatic carbocycles. The normalized spacial score (nSPS) is 18.1. The van der Waals surface area contributed by atoms with Gasteiger partial charge in [0.15, 0.2) is 11.5 Å². The highest BCUT2D eigenvalue weighted by Gasteiger charge is 2.34. The summed E-state index contributed by atoms with van der Waals surface area (Å²) in [7, 11) is 3.32. The van der Waals surface area contributed by atoms with E-state index >= 15 is 0 Å². The van der Waals surface area contributed by atoms with Gasteiger partial charge in [-0.3, -0.25) is 0 Å². The van der Waals surface area contributed by atoms with Gasteiger partial charge in [0.25, 0.3) is 0 Å². The molecule has 3 aromatic rings. The van der Waals surface area contributed by atoms with Gasteiger partial charge in [-0.2, -0.15) is 0 Å². The molecule has 5 nitrogen and oxygen atoms in total. The van der Waals surface area contributed by atoms with E-state index in [0.717, 1.165) is 42.8 Å². The van der Waals surface area contributed by atoms with Crippen molar-refractivity contribution in [1.29, 1.82) is 0 Å². The number of rotatable bonds is 6. The van der Waals surface area contributed by atoms with Crippen molar-refractivity contribution < 1.29 is 14.0 Å². The minimum Gasteiger partial charge on any atom is -0.598 e. The Morgan fingerprint density at radius 3 is 2.68 bits per heavy atom. The number of fused-ring (bicyclic) bond motifs is 2. The number of hydrogen-bond donors (Lipinski definition) is 1. The molecule has 0 saturated heterocycles. The number of nitrogens with zero attached hydrogens (tertiary/aromatic N) is 1. The monoisotopic (exact) mass is 398 g/mol. The number of H-pyrrole nitrogens is 1. The molecular formula is C22H26N2O3S. The molecule has 2 heterocycles. The van der Waals surface area contributed by atoms with Crippen LogP contribution in [0.25, 0.3) is 10.9 Å². The Morgan fingerprint density at radius 2 is 1.93 bits per heavy atom. The highest BCUT2D eigenvalue weighted by molar-refractivity contribution is 7.88. The van der Waals surface area contributed by atoms with Crippen LogP contribution in [0.5, 0.6) is 11.5 Å². The lowest BCUT2D eigenvalue weighted by molar-refractivity contribution is 0.292. The number of aromatic amines is 1. The second-order valence-electron chi connectivity index (χ2n) is 7.13. The fourth-order valence-electron chi connectivity index (χ4n) is 4.24. The predicted octanol–water partition coefficient (Wildman–Crippen LogP) is 4.01. The highest BCUT2D eigenvalue weighted by Crippen LogP contribution is 2.41. The number of aryl methyl sites for hydroxylation is 1. The van der Waals surface area contributed by atoms with E-state index in [9.17, 15) is 4.55 Å². The molecular weight excluding hydrogens is 372 g/mol. The molecule has 1 aromatic heterocycles. The van der Waals surface area contributed by atoms with Crippen LogP contribution in [0.15, 0.2) is 42.6 Å². The summed E-state index contributed by atoms with van der Waals surface area (Å²) in [5.74, 6) is 1.48. The van der Waals surface area contributed by atoms with Crippen LogP contribution in [-0.2, 0) is 24.2 Å². The molecule has 0 amide bonds. The Kier molecular flexibility index (Phi) is 5.53. The van der Waals surface area contributed by atoms with Crippen LogP contribution >= 0.6 is 0 Å². The molecule has 1 aliphatic heterocycles. The number of ether oxygens (including phenoxy) is 2. The van der Waals surface area contributed by atoms with Crippen molar-refractivity contribution in [2.75, 3.05) is 27.0 Å². The summed E-state index contributed by atoms with van der Waals surface area (Å²) in [5, 5.41) is 1.26. The minimum atomic E-state index is -1.03. The van der Waals surface area contributed by atoms with E-state index in [1.807, 2.05) is 6.07 Å². The second-order valence-corrected chi connectivity index (χ2v) is 8.45. The van der Waals surface area contributed by atoms with Crippen molar-refractivity contribution in [2.24, 2.45) is 0 Å². The first-order valence-electron chi connectivity index (χ1n) is 9.52. The van der Waals surface area contributed by atoms with Gasteiger partial charge in [-0.15, -0.1) is 4.31 Å². The Bertz CT molecular complexity index is 970. The topological polar surface area (TPSA) is 60.5 Å². The van der Waals surface area contributed by atoms with Crippen molar-refractivity contribution in [1.82, 2.24) is 9.29 Å². The first-order valence-corrected chi connectivity index (χ1v) is 11.0. The molecule has 2 atom stereocenters. The Balaban J connectivity index is 1.67. The third-order valence-corrected chi connectivity index (χ3v) is 6.74. The zero-order valence-electron chi connectivity index (χ0n) is 16.5. The molecule has 6 heteroatoms. The van der Waals surface area contributed by atoms with Gasteiger partial charge in [0.1, 0.15) is 6.26 Å². The summed E-state index contributed by atoms with van der Waals surface area (Å²) < 4.78 is 25.6. The Morgan fingerprint density at radius 1 is 1.18 bits per heavy atom. The number of nitrogens with one attached hydrogen (secondary N) is 1. The second kappa shape index (κ2) is 8.07. The molecule has 28 heavy (non-hydrogen) atoms. The van der Waals surface area contributed by atoms with Gasteiger partial charge < -0.3 is 19.0 Å². The summed E-state index contributed by atoms with van der Waals surface area (Å²) in [6.45, 7) is 0.782. The van der Waals surface area contributed by atoms with E-state index in [4.69, 9.17) is 9.47 Å². The number of benzene rings is 2. The Labute approximate surface area is 169 Å². The number of aromatic nitrogens is 1. The van der Waals surface area contributed by atoms with Crippen LogP contribution < -0.4 is 9.47 Å². The van der Waals surface area contributed by atoms with Gasteiger partial charge >= 0.3 is 0 Å². The smallest absolute Gasteiger partial charge is 0.161 e. The molecule has 1 N–H and O–H groups in total. The lowest BCUT2D eigenvalue weighted by atomic mass is 9.90. The summed E-state index contributed by atoms with van der Waals surface area (Å²) in [6.07, 6.45) is 6.53. The molecule has 0 saturated carbocycles. The minimum absolute atomic E-state index is 0.0862. The first kappa shape index (κ1) is 19.2. The molecule has 0 fully saturated rings. The Hall–Kier alpha value is -2.15. The van der Waals surface area contributed by atoms with E-state index in [1.54, 1.807) is 20.5 Å². The fourth-order valence-corrected chi connectivity index (χ4v) is 5.17. The quantitative estimate of drug-likeness (QED) is 0.638. The van der Waals surface area contributed by atoms with Crippen LogP contribution in [-0.4, -0.2) is 40.9 Å². The molecule has 4 rings (SSSR count). The third-order valence-electron chi connectivity index (χ3n) is 5.65. The number of hydrogen-bond acceptors (Lipinski definition) is 4. The lowest BCUT2D eigenvalue weighted by Crippen LogP contribution is -2.39. The van der Waals surface area contributed by atoms with Crippen LogP contribution in [0.1, 0.15) is 29.2 Å². The SMILES string of the molecule is COc1cc2c(cc1OC)C(CCc1c[nH]c3ccccc13)N([S+](C)[O-])CC2. The average molecular weight is 399 g/mol. The van der Waals surface area contributed by atoms with Gasteiger partial charge in [0, 0.05) is 35.0 Å². The van der Waals surface area contributed by atoms with Gasteiger partial charge in [0.2, 0.25) is 0 Å². The zero-order valence-corrected chi connectivity index (χ0v) is 17.3. The van der Waals surface area contributed by atoms with Gasteiger partial charge in [-0.1, -0.05) is 18.2 Å². The average Bonchev–Trinajstić information content (AvgIpc) is 3.13. The van der Waals surface area contributed by atoms with Crippen molar-refractivity contribution in [2.45, 2.75) is 25.3 Å². The van der Waals surface area contributed by atoms with Gasteiger partial charge in [-0.25, -0.2) is 0 Å². The fraction of sp³-hybridized carbons (Fsp3) is 0.364. The standard InChI is InChI=1S/C22H26N2O3S/c1-26-21-12-15-10-11-24(28(3)25)20(18(15)13-22(21)27-2)9-8-16-14-23-19-7-5-4-6-17(16)19/h4-7,12-14,20,23H,8-11H2,1-3H3. The van der Waals surface area contributed by atoms with Gasteiger partial charge in [0.05, 0.1) is 20.3 Å². The first-order chi connectivity index (χ1) is 13.6. The van der Waals surface area contributed by atoms with E-state index < -0.39 is 11.4 Å². The third kappa shape index (κ3) is 3.48. The summed E-state index contributed by atoms with van der Waals surface area (Å²) in [5.41, 5.74) is 4.90. The van der Waals surface area contributed by atoms with Crippen molar-refractivity contribution in [3.05, 3.63) is 59.3 Å². The maximum atomic E-state index is 12.4. The maximum absolute atomic E-state index is 12.4. The molecule has 2 unspecified atom stereocenters.